The smallest absolute Gasteiger partial charge is 0.323 e. The van der Waals surface area contributed by atoms with Crippen molar-refractivity contribution in [1.82, 2.24) is 4.98 Å². The van der Waals surface area contributed by atoms with Crippen LogP contribution >= 0.6 is 11.3 Å². The minimum Gasteiger partial charge on any atom is -0.618 e. The molecule has 5 nitrogen and oxygen atoms in total. The average Bonchev–Trinajstić information content (AvgIpc) is 3.11. The summed E-state index contributed by atoms with van der Waals surface area (Å²) < 4.78 is 0.546. The van der Waals surface area contributed by atoms with Gasteiger partial charge in [0.2, 0.25) is 0 Å². The van der Waals surface area contributed by atoms with Crippen LogP contribution in [0.15, 0.2) is 29.8 Å². The van der Waals surface area contributed by atoms with E-state index in [-0.39, 0.29) is 5.69 Å². The summed E-state index contributed by atoms with van der Waals surface area (Å²) in [6.45, 7) is 0. The topological polar surface area (TPSA) is 68.9 Å². The fraction of sp³-hybridized carbons (Fsp3) is 0.250. The molecule has 0 radical (unpaired) electrons. The SMILES string of the molecule is O=C(Nc1nc(C2CC2)cs1)c1cccc[n+]1[O-]. The lowest BCUT2D eigenvalue weighted by Crippen LogP contribution is -2.36. The van der Waals surface area contributed by atoms with Crippen LogP contribution in [-0.2, 0) is 0 Å². The Morgan fingerprint density at radius 1 is 1.50 bits per heavy atom. The zero-order valence-electron chi connectivity index (χ0n) is 9.50. The number of aromatic nitrogens is 2. The largest absolute Gasteiger partial charge is 0.618 e. The number of carbonyl (C=O) groups is 1. The van der Waals surface area contributed by atoms with Gasteiger partial charge in [-0.3, -0.25) is 10.1 Å². The lowest BCUT2D eigenvalue weighted by molar-refractivity contribution is -0.607. The predicted octanol–water partition coefficient (Wildman–Crippen LogP) is 1.91. The number of nitrogens with one attached hydrogen (secondary N) is 1. The van der Waals surface area contributed by atoms with Crippen molar-refractivity contribution in [2.45, 2.75) is 18.8 Å². The maximum atomic E-state index is 11.9. The van der Waals surface area contributed by atoms with Crippen molar-refractivity contribution in [2.75, 3.05) is 5.32 Å². The molecular formula is C12H11N3O2S. The molecule has 1 fully saturated rings. The molecule has 18 heavy (non-hydrogen) atoms. The summed E-state index contributed by atoms with van der Waals surface area (Å²) in [6, 6.07) is 4.72. The molecule has 2 heterocycles. The van der Waals surface area contributed by atoms with Crippen molar-refractivity contribution in [1.29, 1.82) is 0 Å². The summed E-state index contributed by atoms with van der Waals surface area (Å²) in [4.78, 5) is 16.2. The Morgan fingerprint density at radius 2 is 2.33 bits per heavy atom. The van der Waals surface area contributed by atoms with Gasteiger partial charge in [0, 0.05) is 23.4 Å². The Balaban J connectivity index is 1.75. The van der Waals surface area contributed by atoms with Gasteiger partial charge in [0.15, 0.2) is 11.3 Å². The van der Waals surface area contributed by atoms with Crippen LogP contribution in [0.5, 0.6) is 0 Å². The Bertz CT molecular complexity index is 593. The van der Waals surface area contributed by atoms with E-state index >= 15 is 0 Å². The van der Waals surface area contributed by atoms with Gasteiger partial charge >= 0.3 is 5.91 Å². The molecule has 2 aromatic rings. The van der Waals surface area contributed by atoms with Crippen LogP contribution in [0.1, 0.15) is 34.9 Å². The molecule has 0 atom stereocenters. The van der Waals surface area contributed by atoms with E-state index in [9.17, 15) is 10.0 Å². The number of hydrogen-bond acceptors (Lipinski definition) is 4. The molecule has 2 aromatic heterocycles. The van der Waals surface area contributed by atoms with Crippen LogP contribution < -0.4 is 10.0 Å². The van der Waals surface area contributed by atoms with Crippen molar-refractivity contribution in [3.05, 3.63) is 46.4 Å². The molecule has 0 aliphatic heterocycles. The van der Waals surface area contributed by atoms with Gasteiger partial charge in [0.1, 0.15) is 0 Å². The number of hydrogen-bond donors (Lipinski definition) is 1. The van der Waals surface area contributed by atoms with E-state index < -0.39 is 5.91 Å². The summed E-state index contributed by atoms with van der Waals surface area (Å²) in [5, 5.41) is 16.6. The zero-order valence-corrected chi connectivity index (χ0v) is 10.3. The molecule has 1 saturated carbocycles. The Hall–Kier alpha value is -1.95. The minimum absolute atomic E-state index is 0.0701. The number of pyridine rings is 1. The number of carbonyl (C=O) groups excluding carboxylic acids is 1. The van der Waals surface area contributed by atoms with Crippen molar-refractivity contribution in [2.24, 2.45) is 0 Å². The van der Waals surface area contributed by atoms with Crippen LogP contribution in [0, 0.1) is 5.21 Å². The monoisotopic (exact) mass is 261 g/mol. The first-order chi connectivity index (χ1) is 8.74. The van der Waals surface area contributed by atoms with Gasteiger partial charge in [0.05, 0.1) is 5.69 Å². The summed E-state index contributed by atoms with van der Waals surface area (Å²) in [5.74, 6) is 0.135. The normalized spacial score (nSPS) is 14.4. The van der Waals surface area contributed by atoms with Gasteiger partial charge in [-0.2, -0.15) is 4.73 Å². The Kier molecular flexibility index (Phi) is 2.71. The van der Waals surface area contributed by atoms with Gasteiger partial charge < -0.3 is 5.21 Å². The molecule has 1 amide bonds. The van der Waals surface area contributed by atoms with Crippen molar-refractivity contribution < 1.29 is 9.52 Å². The minimum atomic E-state index is -0.428. The zero-order chi connectivity index (χ0) is 12.5. The molecule has 6 heteroatoms. The fourth-order valence-electron chi connectivity index (χ4n) is 1.68. The van der Waals surface area contributed by atoms with Crippen LogP contribution in [0.25, 0.3) is 0 Å². The van der Waals surface area contributed by atoms with E-state index in [0.29, 0.717) is 15.8 Å². The molecule has 1 aliphatic carbocycles. The molecule has 0 aromatic carbocycles. The third kappa shape index (κ3) is 2.19. The molecule has 1 N–H and O–H groups in total. The number of amides is 1. The standard InChI is InChI=1S/C12H11N3O2S/c16-11(10-3-1-2-6-15(10)17)14-12-13-9(7-18-12)8-4-5-8/h1-3,6-8H,4-5H2,(H,13,14,16). The highest BCUT2D eigenvalue weighted by molar-refractivity contribution is 7.14. The van der Waals surface area contributed by atoms with Gasteiger partial charge in [-0.25, -0.2) is 4.98 Å². The molecule has 0 spiro atoms. The maximum absolute atomic E-state index is 11.9. The number of nitrogens with zero attached hydrogens (tertiary/aromatic N) is 2. The van der Waals surface area contributed by atoms with Gasteiger partial charge in [0.25, 0.3) is 5.69 Å². The molecule has 3 rings (SSSR count). The highest BCUT2D eigenvalue weighted by atomic mass is 32.1. The van der Waals surface area contributed by atoms with Crippen molar-refractivity contribution in [3.8, 4) is 0 Å². The Morgan fingerprint density at radius 3 is 3.06 bits per heavy atom. The fourth-order valence-corrected chi connectivity index (χ4v) is 2.46. The second-order valence-electron chi connectivity index (χ2n) is 4.22. The maximum Gasteiger partial charge on any atom is 0.323 e. The van der Waals surface area contributed by atoms with Crippen LogP contribution in [0.2, 0.25) is 0 Å². The van der Waals surface area contributed by atoms with E-state index in [1.807, 2.05) is 5.38 Å². The lowest BCUT2D eigenvalue weighted by Gasteiger charge is -2.02. The number of rotatable bonds is 3. The van der Waals surface area contributed by atoms with Crippen LogP contribution in [0.3, 0.4) is 0 Å². The molecule has 0 bridgehead atoms. The molecular weight excluding hydrogens is 250 g/mol. The van der Waals surface area contributed by atoms with E-state index in [1.165, 1.54) is 36.4 Å². The predicted molar refractivity (Wildman–Crippen MR) is 67.4 cm³/mol. The van der Waals surface area contributed by atoms with E-state index in [0.717, 1.165) is 5.69 Å². The second-order valence-corrected chi connectivity index (χ2v) is 5.08. The van der Waals surface area contributed by atoms with Gasteiger partial charge in [-0.1, -0.05) is 0 Å². The summed E-state index contributed by atoms with van der Waals surface area (Å²) in [5.41, 5.74) is 1.11. The summed E-state index contributed by atoms with van der Waals surface area (Å²) in [6.07, 6.45) is 3.65. The highest BCUT2D eigenvalue weighted by Crippen LogP contribution is 2.40. The average molecular weight is 261 g/mol. The van der Waals surface area contributed by atoms with E-state index in [2.05, 4.69) is 10.3 Å². The third-order valence-electron chi connectivity index (χ3n) is 2.79. The van der Waals surface area contributed by atoms with Crippen molar-refractivity contribution in [3.63, 3.8) is 0 Å². The third-order valence-corrected chi connectivity index (χ3v) is 3.57. The molecule has 92 valence electrons. The second kappa shape index (κ2) is 4.38. The number of anilines is 1. The van der Waals surface area contributed by atoms with Crippen molar-refractivity contribution >= 4 is 22.4 Å². The van der Waals surface area contributed by atoms with Gasteiger partial charge in [-0.05, 0) is 18.9 Å². The first kappa shape index (κ1) is 11.2. The molecule has 0 saturated heterocycles. The quantitative estimate of drug-likeness (QED) is 0.677. The first-order valence-corrected chi connectivity index (χ1v) is 6.57. The first-order valence-electron chi connectivity index (χ1n) is 5.69. The highest BCUT2D eigenvalue weighted by Gasteiger charge is 2.26. The molecule has 1 aliphatic rings. The summed E-state index contributed by atoms with van der Waals surface area (Å²) >= 11 is 1.39. The van der Waals surface area contributed by atoms with E-state index in [1.54, 1.807) is 12.1 Å². The Labute approximate surface area is 108 Å². The van der Waals surface area contributed by atoms with Crippen LogP contribution in [0.4, 0.5) is 5.13 Å². The lowest BCUT2D eigenvalue weighted by atomic mass is 10.3. The molecule has 0 unspecified atom stereocenters. The van der Waals surface area contributed by atoms with E-state index in [4.69, 9.17) is 0 Å². The van der Waals surface area contributed by atoms with Gasteiger partial charge in [-0.15, -0.1) is 11.3 Å². The summed E-state index contributed by atoms with van der Waals surface area (Å²) in [7, 11) is 0. The number of thiazole rings is 1. The van der Waals surface area contributed by atoms with Crippen LogP contribution in [-0.4, -0.2) is 10.9 Å².